The molecule has 2 heterocycles. The van der Waals surface area contributed by atoms with Crippen molar-refractivity contribution in [3.8, 4) is 0 Å². The van der Waals surface area contributed by atoms with Crippen molar-refractivity contribution in [3.63, 3.8) is 0 Å². The number of rotatable bonds is 15. The second-order valence-electron chi connectivity index (χ2n) is 18.7. The first kappa shape index (κ1) is 51.7. The monoisotopic (exact) mass is 1140 g/mol. The number of benzene rings is 5. The second kappa shape index (κ2) is 18.8. The lowest BCUT2D eigenvalue weighted by atomic mass is 9.79. The van der Waals surface area contributed by atoms with Gasteiger partial charge in [0.1, 0.15) is 6.54 Å². The Kier molecular flexibility index (Phi) is 13.9. The van der Waals surface area contributed by atoms with Gasteiger partial charge in [-0.3, -0.25) is 8.86 Å². The Morgan fingerprint density at radius 2 is 1.34 bits per heavy atom. The van der Waals surface area contributed by atoms with Gasteiger partial charge in [-0.05, 0) is 120 Å². The Balaban J connectivity index is 1.33. The first-order valence-electron chi connectivity index (χ1n) is 22.4. The summed E-state index contributed by atoms with van der Waals surface area (Å²) in [6.45, 7) is 8.70. The van der Waals surface area contributed by atoms with Gasteiger partial charge in [0.15, 0.2) is 5.71 Å². The summed E-state index contributed by atoms with van der Waals surface area (Å²) in [5.74, 6) is -0.982. The van der Waals surface area contributed by atoms with Gasteiger partial charge in [-0.25, -0.2) is 8.42 Å². The molecule has 0 bridgehead atoms. The standard InChI is InChI=1S/C51H50Br2F3N3O8S3/c1-49(2)44(58(26-8-10-28-68(60,61)62)42-22-14-32-30-34(52)16-18-36(32)46(42)49)24-20-40-38-12-6-7-13-39(38)41(48(40)57(5)70(66,67)51(54,55)56)21-25-45-50(3,4)47-37-19-17-35(53)31-33(37)15-23-43(47)59(45)27-9-11-29-69(63,64)65/h6-7,12-25,30-31H,8-11,26-29H2,1-5H3,(H-,60,61,62,63,64,65). The lowest BCUT2D eigenvalue weighted by molar-refractivity contribution is -0.438. The fourth-order valence-corrected chi connectivity index (χ4v) is 13.0. The third-order valence-electron chi connectivity index (χ3n) is 13.5. The predicted octanol–water partition coefficient (Wildman–Crippen LogP) is 11.7. The summed E-state index contributed by atoms with van der Waals surface area (Å²) in [5, 5.41) is 3.82. The molecule has 5 aromatic carbocycles. The van der Waals surface area contributed by atoms with Gasteiger partial charge in [-0.1, -0.05) is 94.2 Å². The summed E-state index contributed by atoms with van der Waals surface area (Å²) in [6.07, 6.45) is 7.80. The quantitative estimate of drug-likeness (QED) is 0.0612. The smallest absolute Gasteiger partial charge is 0.516 e. The number of nitrogens with zero attached hydrogens (tertiary/aromatic N) is 3. The van der Waals surface area contributed by atoms with E-state index in [1.807, 2.05) is 97.8 Å². The zero-order chi connectivity index (χ0) is 50.9. The van der Waals surface area contributed by atoms with Crippen LogP contribution in [-0.4, -0.2) is 86.1 Å². The molecule has 0 saturated carbocycles. The first-order chi connectivity index (χ1) is 32.6. The number of sulfonamides is 1. The highest BCUT2D eigenvalue weighted by molar-refractivity contribution is 9.10. The van der Waals surface area contributed by atoms with E-state index in [-0.39, 0.29) is 34.0 Å². The van der Waals surface area contributed by atoms with E-state index in [1.54, 1.807) is 48.6 Å². The molecule has 8 rings (SSSR count). The van der Waals surface area contributed by atoms with E-state index < -0.39 is 58.1 Å². The first-order valence-corrected chi connectivity index (χ1v) is 28.6. The molecular weight excluding hydrogens is 1100 g/mol. The molecule has 0 aromatic heterocycles. The van der Waals surface area contributed by atoms with E-state index in [0.29, 0.717) is 42.8 Å². The lowest BCUT2D eigenvalue weighted by Crippen LogP contribution is -2.37. The number of halogens is 5. The molecule has 70 heavy (non-hydrogen) atoms. The van der Waals surface area contributed by atoms with E-state index in [0.717, 1.165) is 65.8 Å². The molecule has 3 aliphatic rings. The topological polar surface area (TPSA) is 155 Å². The van der Waals surface area contributed by atoms with Gasteiger partial charge in [-0.15, -0.1) is 0 Å². The Labute approximate surface area is 423 Å². The fourth-order valence-electron chi connectivity index (χ4n) is 10.3. The van der Waals surface area contributed by atoms with E-state index in [9.17, 15) is 47.5 Å². The molecule has 0 amide bonds. The molecule has 0 saturated heterocycles. The highest BCUT2D eigenvalue weighted by Gasteiger charge is 2.51. The highest BCUT2D eigenvalue weighted by atomic mass is 79.9. The summed E-state index contributed by atoms with van der Waals surface area (Å²) in [6, 6.07) is 26.6. The molecule has 0 spiro atoms. The normalized spacial score (nSPS) is 18.0. The Morgan fingerprint density at radius 3 is 1.96 bits per heavy atom. The van der Waals surface area contributed by atoms with Crippen LogP contribution in [0.3, 0.4) is 0 Å². The number of likely N-dealkylation sites (N-methyl/N-ethyl adjacent to an activating group) is 1. The van der Waals surface area contributed by atoms with Crippen molar-refractivity contribution in [1.82, 2.24) is 4.31 Å². The minimum Gasteiger partial charge on any atom is -0.748 e. The van der Waals surface area contributed by atoms with Crippen LogP contribution in [0.2, 0.25) is 0 Å². The number of alkyl halides is 3. The average molecular weight is 1150 g/mol. The molecule has 370 valence electrons. The van der Waals surface area contributed by atoms with Gasteiger partial charge < -0.3 is 9.45 Å². The molecule has 2 aliphatic heterocycles. The molecular formula is C51H50Br2F3N3O8S3. The van der Waals surface area contributed by atoms with E-state index in [2.05, 4.69) is 31.9 Å². The zero-order valence-electron chi connectivity index (χ0n) is 38.8. The highest BCUT2D eigenvalue weighted by Crippen LogP contribution is 2.53. The van der Waals surface area contributed by atoms with Crippen molar-refractivity contribution in [3.05, 3.63) is 152 Å². The zero-order valence-corrected chi connectivity index (χ0v) is 44.4. The van der Waals surface area contributed by atoms with Crippen LogP contribution < -0.4 is 4.90 Å². The average Bonchev–Trinajstić information content (AvgIpc) is 3.78. The van der Waals surface area contributed by atoms with Crippen LogP contribution in [0.4, 0.5) is 24.5 Å². The number of fused-ring (bicyclic) bond motifs is 7. The van der Waals surface area contributed by atoms with Crippen LogP contribution in [-0.2, 0) is 41.1 Å². The number of hydrogen-bond acceptors (Lipinski definition) is 8. The Morgan fingerprint density at radius 1 is 0.743 bits per heavy atom. The van der Waals surface area contributed by atoms with Gasteiger partial charge in [0.05, 0.1) is 27.0 Å². The van der Waals surface area contributed by atoms with Gasteiger partial charge in [0.2, 0.25) is 5.69 Å². The van der Waals surface area contributed by atoms with Crippen LogP contribution >= 0.6 is 31.9 Å². The van der Waals surface area contributed by atoms with Gasteiger partial charge >= 0.3 is 15.5 Å². The minimum atomic E-state index is -5.98. The van der Waals surface area contributed by atoms with E-state index in [4.69, 9.17) is 0 Å². The number of hydrogen-bond donors (Lipinski definition) is 1. The molecule has 11 nitrogen and oxygen atoms in total. The van der Waals surface area contributed by atoms with Crippen molar-refractivity contribution in [2.45, 2.75) is 69.7 Å². The molecule has 19 heteroatoms. The van der Waals surface area contributed by atoms with Crippen LogP contribution in [0.25, 0.3) is 32.7 Å². The van der Waals surface area contributed by atoms with E-state index >= 15 is 0 Å². The fraction of sp³-hybridized carbons (Fsp3) is 0.314. The van der Waals surface area contributed by atoms with Crippen molar-refractivity contribution < 1.29 is 52.1 Å². The molecule has 0 fully saturated rings. The molecule has 1 aliphatic carbocycles. The second-order valence-corrected chi connectivity index (χ2v) is 25.6. The predicted molar refractivity (Wildman–Crippen MR) is 277 cm³/mol. The Hall–Kier alpha value is -4.63. The van der Waals surface area contributed by atoms with Crippen LogP contribution in [0.5, 0.6) is 0 Å². The number of unbranched alkanes of at least 4 members (excludes halogenated alkanes) is 2. The minimum absolute atomic E-state index is 0.0972. The van der Waals surface area contributed by atoms with E-state index in [1.165, 1.54) is 0 Å². The molecule has 1 N–H and O–H groups in total. The maximum atomic E-state index is 14.7. The molecule has 0 atom stereocenters. The van der Waals surface area contributed by atoms with Crippen molar-refractivity contribution in [2.24, 2.45) is 0 Å². The summed E-state index contributed by atoms with van der Waals surface area (Å²) >= 11 is 7.12. The maximum Gasteiger partial charge on any atom is 0.516 e. The number of anilines is 1. The molecule has 0 unspecified atom stereocenters. The van der Waals surface area contributed by atoms with Crippen molar-refractivity contribution in [2.75, 3.05) is 36.5 Å². The largest absolute Gasteiger partial charge is 0.748 e. The van der Waals surface area contributed by atoms with Crippen molar-refractivity contribution in [1.29, 1.82) is 0 Å². The Bertz CT molecular complexity index is 3510. The van der Waals surface area contributed by atoms with Crippen LogP contribution in [0.1, 0.15) is 75.6 Å². The number of allylic oxidation sites excluding steroid dienone is 7. The SMILES string of the molecule is CN(C1=C(/C=C/C2=[N+](CCCCS(=O)(=O)O)c3ccc4cc(Br)ccc4c3C2(C)C)c2ccccc2/C1=C\C=C1\N(CCCCS(=O)(=O)[O-])c2ccc3cc(Br)ccc3c2C1(C)C)S(=O)(=O)C(F)(F)F. The summed E-state index contributed by atoms with van der Waals surface area (Å²) in [5.41, 5.74) is -0.965. The van der Waals surface area contributed by atoms with Gasteiger partial charge in [-0.2, -0.15) is 34.6 Å². The van der Waals surface area contributed by atoms with Crippen molar-refractivity contribution >= 4 is 112 Å². The summed E-state index contributed by atoms with van der Waals surface area (Å²) in [7, 11) is -13.8. The summed E-state index contributed by atoms with van der Waals surface area (Å²) in [4.78, 5) is 2.02. The van der Waals surface area contributed by atoms with Crippen LogP contribution in [0.15, 0.2) is 130 Å². The third kappa shape index (κ3) is 9.71. The molecule has 0 radical (unpaired) electrons. The third-order valence-corrected chi connectivity index (χ3v) is 17.5. The maximum absolute atomic E-state index is 14.7. The van der Waals surface area contributed by atoms with Gasteiger partial charge in [0.25, 0.3) is 10.1 Å². The summed E-state index contributed by atoms with van der Waals surface area (Å²) < 4.78 is 143. The molecule has 5 aromatic rings. The van der Waals surface area contributed by atoms with Crippen LogP contribution in [0, 0.1) is 0 Å². The lowest BCUT2D eigenvalue weighted by Gasteiger charge is -2.28. The van der Waals surface area contributed by atoms with Gasteiger partial charge in [0, 0.05) is 80.4 Å².